The molecule has 0 atom stereocenters. The van der Waals surface area contributed by atoms with Gasteiger partial charge in [-0.25, -0.2) is 4.98 Å². The summed E-state index contributed by atoms with van der Waals surface area (Å²) in [5.41, 5.74) is -0.0398. The van der Waals surface area contributed by atoms with Crippen LogP contribution in [0.3, 0.4) is 0 Å². The Kier molecular flexibility index (Phi) is 3.83. The summed E-state index contributed by atoms with van der Waals surface area (Å²) < 4.78 is 0.703. The summed E-state index contributed by atoms with van der Waals surface area (Å²) >= 11 is 2.08. The maximum atomic E-state index is 11.5. The van der Waals surface area contributed by atoms with Crippen molar-refractivity contribution < 1.29 is 0 Å². The van der Waals surface area contributed by atoms with Gasteiger partial charge in [-0.15, -0.1) is 0 Å². The Morgan fingerprint density at radius 3 is 2.88 bits per heavy atom. The van der Waals surface area contributed by atoms with Crippen LogP contribution in [0.25, 0.3) is 0 Å². The third-order valence-corrected chi connectivity index (χ3v) is 4.13. The minimum absolute atomic E-state index is 0.0398. The molecule has 0 saturated heterocycles. The summed E-state index contributed by atoms with van der Waals surface area (Å²) in [4.78, 5) is 20.7. The van der Waals surface area contributed by atoms with E-state index in [0.717, 1.165) is 12.4 Å². The highest BCUT2D eigenvalue weighted by Gasteiger charge is 2.24. The van der Waals surface area contributed by atoms with E-state index in [2.05, 4.69) is 44.4 Å². The molecule has 16 heavy (non-hydrogen) atoms. The average Bonchev–Trinajstić information content (AvgIpc) is 2.79. The second-order valence-corrected chi connectivity index (χ2v) is 5.17. The van der Waals surface area contributed by atoms with Crippen LogP contribution in [-0.2, 0) is 0 Å². The highest BCUT2D eigenvalue weighted by atomic mass is 127. The second kappa shape index (κ2) is 5.16. The summed E-state index contributed by atoms with van der Waals surface area (Å²) in [5, 5.41) is 0. The van der Waals surface area contributed by atoms with Crippen molar-refractivity contribution >= 4 is 28.4 Å². The number of nitrogens with one attached hydrogen (secondary N) is 1. The molecular weight excluding hydrogens is 317 g/mol. The van der Waals surface area contributed by atoms with Gasteiger partial charge in [0.15, 0.2) is 0 Å². The van der Waals surface area contributed by atoms with Crippen molar-refractivity contribution in [2.45, 2.75) is 38.6 Å². The van der Waals surface area contributed by atoms with E-state index in [-0.39, 0.29) is 5.56 Å². The van der Waals surface area contributed by atoms with Crippen LogP contribution in [0.15, 0.2) is 11.1 Å². The summed E-state index contributed by atoms with van der Waals surface area (Å²) in [6.45, 7) is 3.04. The first-order chi connectivity index (χ1) is 7.74. The number of aromatic amines is 1. The van der Waals surface area contributed by atoms with E-state index in [9.17, 15) is 4.79 Å². The highest BCUT2D eigenvalue weighted by Crippen LogP contribution is 2.28. The van der Waals surface area contributed by atoms with Crippen molar-refractivity contribution in [3.8, 4) is 0 Å². The van der Waals surface area contributed by atoms with Crippen molar-refractivity contribution in [2.24, 2.45) is 0 Å². The molecule has 0 aliphatic heterocycles. The molecule has 4 nitrogen and oxygen atoms in total. The molecular formula is C11H16IN3O. The maximum absolute atomic E-state index is 11.5. The largest absolute Gasteiger partial charge is 0.353 e. The molecule has 1 heterocycles. The van der Waals surface area contributed by atoms with E-state index >= 15 is 0 Å². The average molecular weight is 333 g/mol. The zero-order valence-electron chi connectivity index (χ0n) is 9.37. The Hall–Kier alpha value is -0.590. The quantitative estimate of drug-likeness (QED) is 0.863. The van der Waals surface area contributed by atoms with Gasteiger partial charge >= 0.3 is 0 Å². The molecule has 5 heteroatoms. The Labute approximate surface area is 109 Å². The predicted octanol–water partition coefficient (Wildman–Crippen LogP) is 2.14. The van der Waals surface area contributed by atoms with Crippen molar-refractivity contribution in [1.29, 1.82) is 0 Å². The minimum atomic E-state index is -0.0398. The molecule has 0 bridgehead atoms. The Balaban J connectivity index is 2.32. The lowest BCUT2D eigenvalue weighted by molar-refractivity contribution is 0.610. The fourth-order valence-electron chi connectivity index (χ4n) is 2.37. The van der Waals surface area contributed by atoms with Crippen molar-refractivity contribution in [3.05, 3.63) is 20.3 Å². The molecule has 0 unspecified atom stereocenters. The molecule has 0 spiro atoms. The maximum Gasteiger partial charge on any atom is 0.266 e. The topological polar surface area (TPSA) is 49.0 Å². The van der Waals surface area contributed by atoms with Crippen LogP contribution in [0.5, 0.6) is 0 Å². The summed E-state index contributed by atoms with van der Waals surface area (Å²) in [6, 6.07) is 0.563. The summed E-state index contributed by atoms with van der Waals surface area (Å²) in [7, 11) is 0. The number of H-pyrrole nitrogens is 1. The lowest BCUT2D eigenvalue weighted by Gasteiger charge is -2.29. The minimum Gasteiger partial charge on any atom is -0.353 e. The SMILES string of the molecule is CCN(c1nc[nH]c(=O)c1I)C1CCCC1. The van der Waals surface area contributed by atoms with E-state index in [1.807, 2.05) is 0 Å². The number of hydrogen-bond acceptors (Lipinski definition) is 3. The molecule has 1 fully saturated rings. The molecule has 88 valence electrons. The number of nitrogens with zero attached hydrogens (tertiary/aromatic N) is 2. The number of hydrogen-bond donors (Lipinski definition) is 1. The lowest BCUT2D eigenvalue weighted by atomic mass is 10.2. The molecule has 2 rings (SSSR count). The Bertz CT molecular complexity index is 412. The van der Waals surface area contributed by atoms with Gasteiger partial charge in [0.1, 0.15) is 9.39 Å². The highest BCUT2D eigenvalue weighted by molar-refractivity contribution is 14.1. The van der Waals surface area contributed by atoms with E-state index < -0.39 is 0 Å². The molecule has 1 aliphatic carbocycles. The molecule has 1 aromatic heterocycles. The van der Waals surface area contributed by atoms with E-state index in [0.29, 0.717) is 9.61 Å². The molecule has 1 saturated carbocycles. The van der Waals surface area contributed by atoms with Crippen LogP contribution < -0.4 is 10.5 Å². The molecule has 1 N–H and O–H groups in total. The van der Waals surface area contributed by atoms with Gasteiger partial charge in [0.25, 0.3) is 5.56 Å². The smallest absolute Gasteiger partial charge is 0.266 e. The first-order valence-electron chi connectivity index (χ1n) is 5.74. The van der Waals surface area contributed by atoms with Crippen molar-refractivity contribution in [2.75, 3.05) is 11.4 Å². The van der Waals surface area contributed by atoms with E-state index in [1.54, 1.807) is 0 Å². The van der Waals surface area contributed by atoms with Crippen LogP contribution in [0.4, 0.5) is 5.82 Å². The fourth-order valence-corrected chi connectivity index (χ4v) is 2.98. The lowest BCUT2D eigenvalue weighted by Crippen LogP contribution is -2.35. The third kappa shape index (κ3) is 2.23. The van der Waals surface area contributed by atoms with Crippen LogP contribution in [0, 0.1) is 3.57 Å². The predicted molar refractivity (Wildman–Crippen MR) is 72.9 cm³/mol. The van der Waals surface area contributed by atoms with E-state index in [4.69, 9.17) is 0 Å². The van der Waals surface area contributed by atoms with Crippen molar-refractivity contribution in [3.63, 3.8) is 0 Å². The first-order valence-corrected chi connectivity index (χ1v) is 6.81. The monoisotopic (exact) mass is 333 g/mol. The van der Waals surface area contributed by atoms with Gasteiger partial charge in [-0.2, -0.15) is 0 Å². The molecule has 0 radical (unpaired) electrons. The van der Waals surface area contributed by atoms with Gasteiger partial charge in [0.2, 0.25) is 0 Å². The van der Waals surface area contributed by atoms with Gasteiger partial charge < -0.3 is 9.88 Å². The number of halogens is 1. The first kappa shape index (κ1) is 11.9. The number of anilines is 1. The summed E-state index contributed by atoms with van der Waals surface area (Å²) in [6.07, 6.45) is 6.52. The summed E-state index contributed by atoms with van der Waals surface area (Å²) in [5.74, 6) is 0.846. The van der Waals surface area contributed by atoms with Gasteiger partial charge in [0.05, 0.1) is 6.33 Å². The van der Waals surface area contributed by atoms with Gasteiger partial charge in [0, 0.05) is 12.6 Å². The standard InChI is InChI=1S/C11H16IN3O/c1-2-15(8-5-3-4-6-8)10-9(12)11(16)14-7-13-10/h7-8H,2-6H2,1H3,(H,13,14,16). The van der Waals surface area contributed by atoms with Crippen LogP contribution in [0.1, 0.15) is 32.6 Å². The Morgan fingerprint density at radius 2 is 2.25 bits per heavy atom. The van der Waals surface area contributed by atoms with Gasteiger partial charge in [-0.3, -0.25) is 4.79 Å². The number of rotatable bonds is 3. The zero-order valence-corrected chi connectivity index (χ0v) is 11.5. The molecule has 1 aromatic rings. The van der Waals surface area contributed by atoms with Crippen LogP contribution in [0.2, 0.25) is 0 Å². The second-order valence-electron chi connectivity index (χ2n) is 4.09. The normalized spacial score (nSPS) is 16.6. The van der Waals surface area contributed by atoms with Crippen LogP contribution in [-0.4, -0.2) is 22.6 Å². The zero-order chi connectivity index (χ0) is 11.5. The molecule has 1 aliphatic rings. The van der Waals surface area contributed by atoms with Gasteiger partial charge in [-0.1, -0.05) is 12.8 Å². The van der Waals surface area contributed by atoms with E-state index in [1.165, 1.54) is 32.0 Å². The van der Waals surface area contributed by atoms with Crippen LogP contribution >= 0.6 is 22.6 Å². The third-order valence-electron chi connectivity index (χ3n) is 3.16. The van der Waals surface area contributed by atoms with Gasteiger partial charge in [-0.05, 0) is 42.4 Å². The fraction of sp³-hybridized carbons (Fsp3) is 0.636. The Morgan fingerprint density at radius 1 is 1.56 bits per heavy atom. The van der Waals surface area contributed by atoms with Crippen molar-refractivity contribution in [1.82, 2.24) is 9.97 Å². The molecule has 0 amide bonds. The number of aromatic nitrogens is 2. The molecule has 0 aromatic carbocycles.